The zero-order valence-corrected chi connectivity index (χ0v) is 19.4. The van der Waals surface area contributed by atoms with Crippen LogP contribution in [-0.4, -0.2) is 21.6 Å². The van der Waals surface area contributed by atoms with E-state index >= 15 is 0 Å². The molecule has 0 bridgehead atoms. The summed E-state index contributed by atoms with van der Waals surface area (Å²) in [5.74, 6) is 1.19. The Morgan fingerprint density at radius 2 is 1.79 bits per heavy atom. The third-order valence-corrected chi connectivity index (χ3v) is 6.50. The van der Waals surface area contributed by atoms with E-state index in [9.17, 15) is 4.79 Å². The molecule has 2 heterocycles. The van der Waals surface area contributed by atoms with Crippen LogP contribution >= 0.6 is 22.9 Å². The van der Waals surface area contributed by atoms with Crippen LogP contribution in [0.15, 0.2) is 77.6 Å². The molecular formula is C25H19ClN4O2S. The van der Waals surface area contributed by atoms with Crippen LogP contribution in [0.4, 0.5) is 10.8 Å². The molecule has 2 aromatic heterocycles. The van der Waals surface area contributed by atoms with Gasteiger partial charge in [0.25, 0.3) is 5.56 Å². The van der Waals surface area contributed by atoms with Crippen molar-refractivity contribution in [2.75, 3.05) is 12.4 Å². The minimum atomic E-state index is -0.149. The molecule has 0 radical (unpaired) electrons. The first-order chi connectivity index (χ1) is 16.0. The number of nitrogens with one attached hydrogen (secondary N) is 1. The molecule has 0 saturated heterocycles. The van der Waals surface area contributed by atoms with Gasteiger partial charge in [-0.3, -0.25) is 9.36 Å². The highest BCUT2D eigenvalue weighted by molar-refractivity contribution is 7.19. The van der Waals surface area contributed by atoms with E-state index < -0.39 is 0 Å². The predicted octanol–water partition coefficient (Wildman–Crippen LogP) is 6.22. The van der Waals surface area contributed by atoms with Crippen molar-refractivity contribution in [3.8, 4) is 22.1 Å². The number of thiazole rings is 1. The van der Waals surface area contributed by atoms with Gasteiger partial charge in [0, 0.05) is 16.8 Å². The summed E-state index contributed by atoms with van der Waals surface area (Å²) < 4.78 is 7.01. The monoisotopic (exact) mass is 474 g/mol. The van der Waals surface area contributed by atoms with Gasteiger partial charge in [0.2, 0.25) is 0 Å². The predicted molar refractivity (Wildman–Crippen MR) is 134 cm³/mol. The Balaban J connectivity index is 1.70. The molecule has 0 amide bonds. The summed E-state index contributed by atoms with van der Waals surface area (Å²) in [6, 6.07) is 22.1. The maximum absolute atomic E-state index is 13.6. The van der Waals surface area contributed by atoms with E-state index in [-0.39, 0.29) is 5.56 Å². The van der Waals surface area contributed by atoms with E-state index in [1.807, 2.05) is 73.7 Å². The van der Waals surface area contributed by atoms with Gasteiger partial charge in [0.15, 0.2) is 11.0 Å². The first-order valence-corrected chi connectivity index (χ1v) is 11.4. The van der Waals surface area contributed by atoms with Crippen molar-refractivity contribution in [2.24, 2.45) is 0 Å². The maximum Gasteiger partial charge on any atom is 0.266 e. The third kappa shape index (κ3) is 4.08. The molecule has 0 fully saturated rings. The Hall–Kier alpha value is -3.68. The first-order valence-electron chi connectivity index (χ1n) is 10.2. The highest BCUT2D eigenvalue weighted by Crippen LogP contribution is 2.35. The number of benzene rings is 3. The SMILES string of the molecule is COc1cccc(-n2c(-c3sc(Nc4ccc(Cl)cc4)nc3C)nc3ccccc3c2=O)c1. The lowest BCUT2D eigenvalue weighted by molar-refractivity contribution is 0.414. The van der Waals surface area contributed by atoms with Crippen LogP contribution in [0.2, 0.25) is 5.02 Å². The molecule has 5 aromatic rings. The highest BCUT2D eigenvalue weighted by atomic mass is 35.5. The van der Waals surface area contributed by atoms with Crippen LogP contribution in [0.5, 0.6) is 5.75 Å². The minimum absolute atomic E-state index is 0.149. The zero-order valence-electron chi connectivity index (χ0n) is 17.9. The molecule has 1 N–H and O–H groups in total. The second-order valence-corrected chi connectivity index (χ2v) is 8.80. The van der Waals surface area contributed by atoms with Gasteiger partial charge in [0.05, 0.1) is 34.3 Å². The average Bonchev–Trinajstić information content (AvgIpc) is 3.20. The molecule has 6 nitrogen and oxygen atoms in total. The van der Waals surface area contributed by atoms with Crippen LogP contribution in [0.1, 0.15) is 5.69 Å². The number of methoxy groups -OCH3 is 1. The molecule has 33 heavy (non-hydrogen) atoms. The molecule has 0 saturated carbocycles. The van der Waals surface area contributed by atoms with Gasteiger partial charge in [-0.2, -0.15) is 0 Å². The molecule has 0 atom stereocenters. The summed E-state index contributed by atoms with van der Waals surface area (Å²) in [5.41, 5.74) is 2.81. The van der Waals surface area contributed by atoms with E-state index in [1.54, 1.807) is 17.7 Å². The molecule has 0 aliphatic heterocycles. The first kappa shape index (κ1) is 21.2. The highest BCUT2D eigenvalue weighted by Gasteiger charge is 2.20. The summed E-state index contributed by atoms with van der Waals surface area (Å²) in [6.07, 6.45) is 0. The van der Waals surface area contributed by atoms with Crippen LogP contribution in [0.25, 0.3) is 27.3 Å². The summed E-state index contributed by atoms with van der Waals surface area (Å²) in [5, 5.41) is 5.22. The molecule has 0 unspecified atom stereocenters. The maximum atomic E-state index is 13.6. The number of hydrogen-bond acceptors (Lipinski definition) is 6. The van der Waals surface area contributed by atoms with Crippen molar-refractivity contribution in [1.29, 1.82) is 0 Å². The molecule has 0 spiro atoms. The smallest absolute Gasteiger partial charge is 0.266 e. The molecular weight excluding hydrogens is 456 g/mol. The number of ether oxygens (including phenoxy) is 1. The van der Waals surface area contributed by atoms with E-state index in [1.165, 1.54) is 11.3 Å². The number of hydrogen-bond donors (Lipinski definition) is 1. The molecule has 0 aliphatic rings. The second-order valence-electron chi connectivity index (χ2n) is 7.36. The number of halogens is 1. The number of aryl methyl sites for hydroxylation is 1. The fourth-order valence-electron chi connectivity index (χ4n) is 3.59. The molecule has 5 rings (SSSR count). The number of nitrogens with zero attached hydrogens (tertiary/aromatic N) is 3. The van der Waals surface area contributed by atoms with Gasteiger partial charge in [-0.15, -0.1) is 0 Å². The number of fused-ring (bicyclic) bond motifs is 1. The summed E-state index contributed by atoms with van der Waals surface area (Å²) in [4.78, 5) is 24.0. The van der Waals surface area contributed by atoms with Crippen molar-refractivity contribution < 1.29 is 4.74 Å². The van der Waals surface area contributed by atoms with Crippen LogP contribution in [-0.2, 0) is 0 Å². The Kier molecular flexibility index (Phi) is 5.58. The Morgan fingerprint density at radius 3 is 2.58 bits per heavy atom. The van der Waals surface area contributed by atoms with Gasteiger partial charge >= 0.3 is 0 Å². The Labute approximate surface area is 199 Å². The summed E-state index contributed by atoms with van der Waals surface area (Å²) in [7, 11) is 1.60. The quantitative estimate of drug-likeness (QED) is 0.327. The van der Waals surface area contributed by atoms with Crippen LogP contribution in [0.3, 0.4) is 0 Å². The lowest BCUT2D eigenvalue weighted by Crippen LogP contribution is -2.22. The molecule has 3 aromatic carbocycles. The van der Waals surface area contributed by atoms with Crippen molar-refractivity contribution in [3.63, 3.8) is 0 Å². The lowest BCUT2D eigenvalue weighted by atomic mass is 10.2. The Morgan fingerprint density at radius 1 is 1.00 bits per heavy atom. The summed E-state index contributed by atoms with van der Waals surface area (Å²) in [6.45, 7) is 1.91. The molecule has 164 valence electrons. The molecule has 8 heteroatoms. The summed E-state index contributed by atoms with van der Waals surface area (Å²) >= 11 is 7.43. The number of anilines is 2. The van der Waals surface area contributed by atoms with Crippen molar-refractivity contribution in [1.82, 2.24) is 14.5 Å². The van der Waals surface area contributed by atoms with Crippen molar-refractivity contribution in [3.05, 3.63) is 93.9 Å². The standard InChI is InChI=1S/C25H19ClN4O2S/c1-15-22(33-25(27-15)28-17-12-10-16(26)11-13-17)23-29-21-9-4-3-8-20(21)24(31)30(23)18-6-5-7-19(14-18)32-2/h3-14H,1-2H3,(H,27,28). The minimum Gasteiger partial charge on any atom is -0.497 e. The van der Waals surface area contributed by atoms with E-state index in [2.05, 4.69) is 10.3 Å². The average molecular weight is 475 g/mol. The van der Waals surface area contributed by atoms with Gasteiger partial charge in [-0.05, 0) is 55.5 Å². The lowest BCUT2D eigenvalue weighted by Gasteiger charge is -2.14. The normalized spacial score (nSPS) is 11.0. The van der Waals surface area contributed by atoms with E-state index in [4.69, 9.17) is 21.3 Å². The fraction of sp³-hybridized carbons (Fsp3) is 0.0800. The van der Waals surface area contributed by atoms with Gasteiger partial charge in [-0.1, -0.05) is 41.1 Å². The fourth-order valence-corrected chi connectivity index (χ4v) is 4.68. The van der Waals surface area contributed by atoms with Gasteiger partial charge in [-0.25, -0.2) is 9.97 Å². The number of aromatic nitrogens is 3. The van der Waals surface area contributed by atoms with Gasteiger partial charge in [0.1, 0.15) is 5.75 Å². The number of rotatable bonds is 5. The topological polar surface area (TPSA) is 69.0 Å². The van der Waals surface area contributed by atoms with E-state index in [0.29, 0.717) is 38.3 Å². The van der Waals surface area contributed by atoms with E-state index in [0.717, 1.165) is 16.3 Å². The zero-order chi connectivity index (χ0) is 22.9. The largest absolute Gasteiger partial charge is 0.497 e. The van der Waals surface area contributed by atoms with Crippen molar-refractivity contribution in [2.45, 2.75) is 6.92 Å². The van der Waals surface area contributed by atoms with Crippen LogP contribution < -0.4 is 15.6 Å². The van der Waals surface area contributed by atoms with Crippen LogP contribution in [0, 0.1) is 6.92 Å². The van der Waals surface area contributed by atoms with Crippen molar-refractivity contribution >= 4 is 44.7 Å². The van der Waals surface area contributed by atoms with Gasteiger partial charge < -0.3 is 10.1 Å². The third-order valence-electron chi connectivity index (χ3n) is 5.18. The number of para-hydroxylation sites is 1. The Bertz CT molecular complexity index is 1530. The molecule has 0 aliphatic carbocycles. The second kappa shape index (κ2) is 8.69.